The van der Waals surface area contributed by atoms with Crippen molar-refractivity contribution in [2.24, 2.45) is 0 Å². The Hall–Kier alpha value is -1.36. The summed E-state index contributed by atoms with van der Waals surface area (Å²) in [6.07, 6.45) is 0.356. The number of carbonyl (C=O) groups is 2. The number of halogens is 1. The molecular weight excluding hydrogens is 274 g/mol. The third-order valence-corrected chi connectivity index (χ3v) is 2.59. The molecule has 5 heteroatoms. The Morgan fingerprint density at radius 3 is 2.69 bits per heavy atom. The van der Waals surface area contributed by atoms with Crippen LogP contribution in [0, 0.1) is 0 Å². The van der Waals surface area contributed by atoms with Crippen molar-refractivity contribution < 1.29 is 14.7 Å². The van der Waals surface area contributed by atoms with Crippen LogP contribution in [0.4, 0.5) is 0 Å². The molecule has 1 aromatic rings. The number of rotatable bonds is 4. The topological polar surface area (TPSA) is 66.4 Å². The van der Waals surface area contributed by atoms with E-state index in [1.54, 1.807) is 31.2 Å². The van der Waals surface area contributed by atoms with Crippen molar-refractivity contribution in [2.45, 2.75) is 19.4 Å². The molecule has 16 heavy (non-hydrogen) atoms. The number of benzene rings is 1. The molecule has 0 aliphatic rings. The minimum absolute atomic E-state index is 0.356. The second-order valence-electron chi connectivity index (χ2n) is 3.28. The van der Waals surface area contributed by atoms with E-state index in [1.807, 2.05) is 0 Å². The zero-order chi connectivity index (χ0) is 12.1. The number of amides is 1. The number of carboxylic acid groups (broad SMARTS) is 1. The Bertz CT molecular complexity index is 406. The van der Waals surface area contributed by atoms with Crippen LogP contribution in [0.15, 0.2) is 28.7 Å². The van der Waals surface area contributed by atoms with Gasteiger partial charge in [0.2, 0.25) is 0 Å². The largest absolute Gasteiger partial charge is 0.480 e. The highest BCUT2D eigenvalue weighted by atomic mass is 79.9. The molecule has 0 saturated carbocycles. The minimum atomic E-state index is -1.02. The van der Waals surface area contributed by atoms with Gasteiger partial charge in [-0.3, -0.25) is 4.79 Å². The summed E-state index contributed by atoms with van der Waals surface area (Å²) in [5.74, 6) is -1.40. The summed E-state index contributed by atoms with van der Waals surface area (Å²) in [6, 6.07) is 5.95. The molecule has 0 bridgehead atoms. The van der Waals surface area contributed by atoms with Crippen LogP contribution < -0.4 is 5.32 Å². The van der Waals surface area contributed by atoms with E-state index < -0.39 is 12.0 Å². The fourth-order valence-corrected chi connectivity index (χ4v) is 1.61. The predicted molar refractivity (Wildman–Crippen MR) is 63.3 cm³/mol. The Morgan fingerprint density at radius 2 is 2.19 bits per heavy atom. The van der Waals surface area contributed by atoms with Gasteiger partial charge in [0.25, 0.3) is 5.91 Å². The summed E-state index contributed by atoms with van der Waals surface area (Å²) in [5, 5.41) is 11.2. The van der Waals surface area contributed by atoms with Gasteiger partial charge in [-0.2, -0.15) is 0 Å². The number of carbonyl (C=O) groups excluding carboxylic acids is 1. The molecule has 0 saturated heterocycles. The smallest absolute Gasteiger partial charge is 0.326 e. The SMILES string of the molecule is CC[C@@H](NC(=O)c1cccc(Br)c1)C(=O)O. The Kier molecular flexibility index (Phi) is 4.49. The highest BCUT2D eigenvalue weighted by Gasteiger charge is 2.18. The molecule has 1 rings (SSSR count). The van der Waals surface area contributed by atoms with Crippen LogP contribution in [0.2, 0.25) is 0 Å². The maximum atomic E-state index is 11.7. The van der Waals surface area contributed by atoms with Crippen LogP contribution in [0.5, 0.6) is 0 Å². The van der Waals surface area contributed by atoms with E-state index in [-0.39, 0.29) is 5.91 Å². The standard InChI is InChI=1S/C11H12BrNO3/c1-2-9(11(15)16)13-10(14)7-4-3-5-8(12)6-7/h3-6,9H,2H2,1H3,(H,13,14)(H,15,16)/t9-/m1/s1. The van der Waals surface area contributed by atoms with Gasteiger partial charge in [-0.25, -0.2) is 4.79 Å². The molecule has 0 fully saturated rings. The van der Waals surface area contributed by atoms with Crippen molar-refractivity contribution in [3.05, 3.63) is 34.3 Å². The lowest BCUT2D eigenvalue weighted by atomic mass is 10.1. The zero-order valence-corrected chi connectivity index (χ0v) is 10.3. The van der Waals surface area contributed by atoms with Crippen LogP contribution >= 0.6 is 15.9 Å². The first kappa shape index (κ1) is 12.7. The molecule has 2 N–H and O–H groups in total. The molecule has 0 heterocycles. The van der Waals surface area contributed by atoms with Gasteiger partial charge in [-0.05, 0) is 24.6 Å². The third kappa shape index (κ3) is 3.34. The second kappa shape index (κ2) is 5.65. The monoisotopic (exact) mass is 285 g/mol. The van der Waals surface area contributed by atoms with E-state index in [4.69, 9.17) is 5.11 Å². The van der Waals surface area contributed by atoms with Crippen molar-refractivity contribution in [3.8, 4) is 0 Å². The van der Waals surface area contributed by atoms with E-state index in [0.717, 1.165) is 4.47 Å². The van der Waals surface area contributed by atoms with Crippen molar-refractivity contribution in [1.29, 1.82) is 0 Å². The molecule has 4 nitrogen and oxygen atoms in total. The Balaban J connectivity index is 2.75. The zero-order valence-electron chi connectivity index (χ0n) is 8.74. The second-order valence-corrected chi connectivity index (χ2v) is 4.20. The quantitative estimate of drug-likeness (QED) is 0.890. The van der Waals surface area contributed by atoms with Crippen molar-refractivity contribution >= 4 is 27.8 Å². The molecule has 0 aliphatic carbocycles. The fraction of sp³-hybridized carbons (Fsp3) is 0.273. The van der Waals surface area contributed by atoms with Gasteiger partial charge < -0.3 is 10.4 Å². The summed E-state index contributed by atoms with van der Waals surface area (Å²) in [4.78, 5) is 22.4. The molecule has 0 unspecified atom stereocenters. The van der Waals surface area contributed by atoms with Gasteiger partial charge in [-0.1, -0.05) is 28.9 Å². The predicted octanol–water partition coefficient (Wildman–Crippen LogP) is 2.04. The van der Waals surface area contributed by atoms with E-state index in [9.17, 15) is 9.59 Å². The fourth-order valence-electron chi connectivity index (χ4n) is 1.21. The van der Waals surface area contributed by atoms with Crippen molar-refractivity contribution in [3.63, 3.8) is 0 Å². The molecule has 1 aromatic carbocycles. The number of nitrogens with one attached hydrogen (secondary N) is 1. The van der Waals surface area contributed by atoms with Gasteiger partial charge in [0.15, 0.2) is 0 Å². The van der Waals surface area contributed by atoms with Crippen LogP contribution in [-0.4, -0.2) is 23.0 Å². The van der Waals surface area contributed by atoms with E-state index in [1.165, 1.54) is 0 Å². The molecular formula is C11H12BrNO3. The maximum Gasteiger partial charge on any atom is 0.326 e. The van der Waals surface area contributed by atoms with Gasteiger partial charge in [0.05, 0.1) is 0 Å². The van der Waals surface area contributed by atoms with E-state index >= 15 is 0 Å². The number of carboxylic acids is 1. The minimum Gasteiger partial charge on any atom is -0.480 e. The van der Waals surface area contributed by atoms with Gasteiger partial charge in [-0.15, -0.1) is 0 Å². The summed E-state index contributed by atoms with van der Waals surface area (Å²) in [6.45, 7) is 1.71. The first-order valence-electron chi connectivity index (χ1n) is 4.83. The van der Waals surface area contributed by atoms with Gasteiger partial charge in [0, 0.05) is 10.0 Å². The van der Waals surface area contributed by atoms with Crippen LogP contribution in [0.3, 0.4) is 0 Å². The first-order chi connectivity index (χ1) is 7.54. The summed E-state index contributed by atoms with van der Waals surface area (Å²) >= 11 is 3.25. The number of hydrogen-bond donors (Lipinski definition) is 2. The third-order valence-electron chi connectivity index (χ3n) is 2.10. The molecule has 1 amide bonds. The Morgan fingerprint density at radius 1 is 1.50 bits per heavy atom. The lowest BCUT2D eigenvalue weighted by Gasteiger charge is -2.12. The molecule has 0 aliphatic heterocycles. The maximum absolute atomic E-state index is 11.7. The van der Waals surface area contributed by atoms with Crippen LogP contribution in [0.1, 0.15) is 23.7 Å². The van der Waals surface area contributed by atoms with Crippen LogP contribution in [0.25, 0.3) is 0 Å². The molecule has 0 spiro atoms. The van der Waals surface area contributed by atoms with Crippen molar-refractivity contribution in [2.75, 3.05) is 0 Å². The highest BCUT2D eigenvalue weighted by Crippen LogP contribution is 2.11. The Labute approximate surface area is 102 Å². The first-order valence-corrected chi connectivity index (χ1v) is 5.63. The summed E-state index contributed by atoms with van der Waals surface area (Å²) < 4.78 is 0.781. The normalized spacial score (nSPS) is 11.9. The molecule has 0 radical (unpaired) electrons. The average Bonchev–Trinajstić information content (AvgIpc) is 2.25. The van der Waals surface area contributed by atoms with Crippen molar-refractivity contribution in [1.82, 2.24) is 5.32 Å². The van der Waals surface area contributed by atoms with E-state index in [0.29, 0.717) is 12.0 Å². The van der Waals surface area contributed by atoms with Gasteiger partial charge in [0.1, 0.15) is 6.04 Å². The summed E-state index contributed by atoms with van der Waals surface area (Å²) in [7, 11) is 0. The number of hydrogen-bond acceptors (Lipinski definition) is 2. The molecule has 1 atom stereocenters. The van der Waals surface area contributed by atoms with E-state index in [2.05, 4.69) is 21.2 Å². The highest BCUT2D eigenvalue weighted by molar-refractivity contribution is 9.10. The van der Waals surface area contributed by atoms with Crippen LogP contribution in [-0.2, 0) is 4.79 Å². The lowest BCUT2D eigenvalue weighted by Crippen LogP contribution is -2.40. The number of aliphatic carboxylic acids is 1. The van der Waals surface area contributed by atoms with Gasteiger partial charge >= 0.3 is 5.97 Å². The average molecular weight is 286 g/mol. The molecule has 86 valence electrons. The lowest BCUT2D eigenvalue weighted by molar-refractivity contribution is -0.139. The summed E-state index contributed by atoms with van der Waals surface area (Å²) in [5.41, 5.74) is 0.439. The molecule has 0 aromatic heterocycles.